The fraction of sp³-hybridized carbons (Fsp3) is 0.526. The zero-order chi connectivity index (χ0) is 19.7. The van der Waals surface area contributed by atoms with Crippen molar-refractivity contribution in [3.8, 4) is 6.01 Å². The molecular weight excluding hydrogens is 364 g/mol. The van der Waals surface area contributed by atoms with Crippen LogP contribution in [-0.2, 0) is 11.2 Å². The molecule has 1 saturated heterocycles. The van der Waals surface area contributed by atoms with Gasteiger partial charge in [-0.2, -0.15) is 4.98 Å². The number of oxime groups is 1. The molecule has 2 aromatic rings. The molecule has 1 aliphatic heterocycles. The molecule has 9 heteroatoms. The summed E-state index contributed by atoms with van der Waals surface area (Å²) in [5.41, 5.74) is 0.441. The lowest BCUT2D eigenvalue weighted by molar-refractivity contribution is -0.128. The molecule has 2 aromatic heterocycles. The molecule has 1 saturated carbocycles. The Kier molecular flexibility index (Phi) is 4.97. The Bertz CT molecular complexity index is 1040. The minimum Gasteiger partial charge on any atom is -0.403 e. The average molecular weight is 386 g/mol. The molecule has 1 amide bonds. The highest BCUT2D eigenvalue weighted by molar-refractivity contribution is 5.87. The molecule has 3 heterocycles. The number of nitrogens with one attached hydrogen (secondary N) is 1. The molecule has 0 radical (unpaired) electrons. The lowest BCUT2D eigenvalue weighted by atomic mass is 10.1. The van der Waals surface area contributed by atoms with Gasteiger partial charge in [-0.05, 0) is 24.3 Å². The normalized spacial score (nSPS) is 17.0. The lowest BCUT2D eigenvalue weighted by Crippen LogP contribution is -2.37. The van der Waals surface area contributed by atoms with Crippen molar-refractivity contribution in [1.29, 1.82) is 0 Å². The molecule has 2 fully saturated rings. The van der Waals surface area contributed by atoms with Gasteiger partial charge in [-0.25, -0.2) is 4.79 Å². The van der Waals surface area contributed by atoms with Crippen LogP contribution in [-0.4, -0.2) is 39.6 Å². The Balaban J connectivity index is 1.54. The van der Waals surface area contributed by atoms with Crippen molar-refractivity contribution in [3.05, 3.63) is 32.4 Å². The van der Waals surface area contributed by atoms with E-state index in [9.17, 15) is 14.4 Å². The summed E-state index contributed by atoms with van der Waals surface area (Å²) in [6.07, 6.45) is 5.19. The van der Waals surface area contributed by atoms with Crippen LogP contribution in [0.1, 0.15) is 44.6 Å². The molecule has 28 heavy (non-hydrogen) atoms. The Morgan fingerprint density at radius 1 is 1.36 bits per heavy atom. The maximum absolute atomic E-state index is 12.5. The Hall–Kier alpha value is -2.97. The quantitative estimate of drug-likeness (QED) is 0.780. The monoisotopic (exact) mass is 386 g/mol. The van der Waals surface area contributed by atoms with Crippen LogP contribution in [0.25, 0.3) is 11.1 Å². The van der Waals surface area contributed by atoms with E-state index in [0.717, 1.165) is 12.1 Å². The SMILES string of the molecule is CC(=O)N1CCC(=NOc2nc3oc(=O)cc(CCC4CC4)c3c(=O)[nH]2)CC1. The third kappa shape index (κ3) is 4.13. The zero-order valence-corrected chi connectivity index (χ0v) is 15.7. The highest BCUT2D eigenvalue weighted by Gasteiger charge is 2.22. The predicted molar refractivity (Wildman–Crippen MR) is 101 cm³/mol. The molecule has 1 N–H and O–H groups in total. The number of carbonyl (C=O) groups is 1. The van der Waals surface area contributed by atoms with E-state index in [2.05, 4.69) is 15.1 Å². The molecule has 0 spiro atoms. The largest absolute Gasteiger partial charge is 0.403 e. The lowest BCUT2D eigenvalue weighted by Gasteiger charge is -2.25. The van der Waals surface area contributed by atoms with Gasteiger partial charge in [0.1, 0.15) is 5.39 Å². The first kappa shape index (κ1) is 18.4. The number of nitrogens with zero attached hydrogens (tertiary/aromatic N) is 3. The van der Waals surface area contributed by atoms with Crippen LogP contribution in [0.3, 0.4) is 0 Å². The predicted octanol–water partition coefficient (Wildman–Crippen LogP) is 1.60. The number of aryl methyl sites for hydroxylation is 1. The van der Waals surface area contributed by atoms with E-state index in [1.807, 2.05) is 0 Å². The number of amides is 1. The minimum atomic E-state index is -0.537. The maximum atomic E-state index is 12.5. The van der Waals surface area contributed by atoms with Crippen molar-refractivity contribution >= 4 is 22.7 Å². The standard InChI is InChI=1S/C19H22N4O5/c1-11(24)23-8-6-14(7-9-23)22-28-19-20-17(26)16-13(5-4-12-2-3-12)10-15(25)27-18(16)21-19/h10,12H,2-9H2,1H3,(H,20,21,26). The average Bonchev–Trinajstić information content (AvgIpc) is 3.48. The van der Waals surface area contributed by atoms with E-state index < -0.39 is 11.2 Å². The number of H-pyrrole nitrogens is 1. The van der Waals surface area contributed by atoms with Gasteiger partial charge in [0.15, 0.2) is 0 Å². The van der Waals surface area contributed by atoms with Gasteiger partial charge in [0.2, 0.25) is 11.6 Å². The summed E-state index contributed by atoms with van der Waals surface area (Å²) in [7, 11) is 0. The topological polar surface area (TPSA) is 118 Å². The summed E-state index contributed by atoms with van der Waals surface area (Å²) in [5.74, 6) is 0.718. The van der Waals surface area contributed by atoms with Crippen molar-refractivity contribution in [3.63, 3.8) is 0 Å². The molecule has 0 unspecified atom stereocenters. The van der Waals surface area contributed by atoms with Crippen LogP contribution >= 0.6 is 0 Å². The number of carbonyl (C=O) groups excluding carboxylic acids is 1. The van der Waals surface area contributed by atoms with E-state index in [1.54, 1.807) is 4.90 Å². The van der Waals surface area contributed by atoms with E-state index >= 15 is 0 Å². The van der Waals surface area contributed by atoms with Gasteiger partial charge in [-0.1, -0.05) is 18.0 Å². The number of aromatic nitrogens is 2. The van der Waals surface area contributed by atoms with Gasteiger partial charge < -0.3 is 14.2 Å². The molecule has 0 bridgehead atoms. The molecule has 148 valence electrons. The molecule has 4 rings (SSSR count). The Labute approximate surface area is 160 Å². The van der Waals surface area contributed by atoms with Crippen molar-refractivity contribution in [2.75, 3.05) is 13.1 Å². The Morgan fingerprint density at radius 2 is 2.11 bits per heavy atom. The summed E-state index contributed by atoms with van der Waals surface area (Å²) < 4.78 is 5.12. The van der Waals surface area contributed by atoms with Crippen molar-refractivity contribution in [1.82, 2.24) is 14.9 Å². The fourth-order valence-corrected chi connectivity index (χ4v) is 3.41. The van der Waals surface area contributed by atoms with Gasteiger partial charge in [0.25, 0.3) is 5.56 Å². The van der Waals surface area contributed by atoms with Gasteiger partial charge in [0.05, 0.1) is 5.71 Å². The van der Waals surface area contributed by atoms with Crippen LogP contribution in [0.2, 0.25) is 0 Å². The third-order valence-corrected chi connectivity index (χ3v) is 5.24. The van der Waals surface area contributed by atoms with Crippen LogP contribution in [0, 0.1) is 5.92 Å². The van der Waals surface area contributed by atoms with Crippen LogP contribution in [0.5, 0.6) is 6.01 Å². The minimum absolute atomic E-state index is 0.0352. The molecule has 0 aromatic carbocycles. The Morgan fingerprint density at radius 3 is 2.79 bits per heavy atom. The third-order valence-electron chi connectivity index (χ3n) is 5.24. The number of rotatable bonds is 5. The maximum Gasteiger partial charge on any atom is 0.337 e. The number of fused-ring (bicyclic) bond motifs is 1. The van der Waals surface area contributed by atoms with Crippen LogP contribution < -0.4 is 16.0 Å². The number of hydrogen-bond donors (Lipinski definition) is 1. The molecule has 0 atom stereocenters. The highest BCUT2D eigenvalue weighted by atomic mass is 16.6. The van der Waals surface area contributed by atoms with Crippen molar-refractivity contribution < 1.29 is 14.0 Å². The van der Waals surface area contributed by atoms with E-state index in [4.69, 9.17) is 9.25 Å². The first-order valence-electron chi connectivity index (χ1n) is 9.55. The summed E-state index contributed by atoms with van der Waals surface area (Å²) in [4.78, 5) is 49.4. The molecular formula is C19H22N4O5. The summed E-state index contributed by atoms with van der Waals surface area (Å²) in [6, 6.07) is 1.24. The molecule has 1 aliphatic carbocycles. The highest BCUT2D eigenvalue weighted by Crippen LogP contribution is 2.33. The van der Waals surface area contributed by atoms with E-state index in [-0.39, 0.29) is 23.0 Å². The summed E-state index contributed by atoms with van der Waals surface area (Å²) in [6.45, 7) is 2.70. The van der Waals surface area contributed by atoms with E-state index in [0.29, 0.717) is 43.8 Å². The van der Waals surface area contributed by atoms with Gasteiger partial charge in [0, 0.05) is 38.9 Å². The zero-order valence-electron chi connectivity index (χ0n) is 15.7. The van der Waals surface area contributed by atoms with Gasteiger partial charge in [-0.15, -0.1) is 0 Å². The van der Waals surface area contributed by atoms with Gasteiger partial charge in [-0.3, -0.25) is 14.6 Å². The fourth-order valence-electron chi connectivity index (χ4n) is 3.41. The number of piperidine rings is 1. The summed E-state index contributed by atoms with van der Waals surface area (Å²) >= 11 is 0. The van der Waals surface area contributed by atoms with Gasteiger partial charge >= 0.3 is 11.6 Å². The summed E-state index contributed by atoms with van der Waals surface area (Å²) in [5, 5.41) is 4.32. The second-order valence-corrected chi connectivity index (χ2v) is 7.38. The molecule has 2 aliphatic rings. The van der Waals surface area contributed by atoms with Crippen molar-refractivity contribution in [2.45, 2.75) is 45.4 Å². The van der Waals surface area contributed by atoms with E-state index in [1.165, 1.54) is 25.8 Å². The first-order valence-corrected chi connectivity index (χ1v) is 9.55. The second kappa shape index (κ2) is 7.57. The molecule has 9 nitrogen and oxygen atoms in total. The van der Waals surface area contributed by atoms with Crippen LogP contribution in [0.15, 0.2) is 25.2 Å². The number of hydrogen-bond acceptors (Lipinski definition) is 7. The number of aromatic amines is 1. The number of likely N-dealkylation sites (tertiary alicyclic amines) is 1. The van der Waals surface area contributed by atoms with Crippen LogP contribution in [0.4, 0.5) is 0 Å². The second-order valence-electron chi connectivity index (χ2n) is 7.38. The van der Waals surface area contributed by atoms with Crippen molar-refractivity contribution in [2.24, 2.45) is 11.1 Å². The first-order chi connectivity index (χ1) is 13.5. The smallest absolute Gasteiger partial charge is 0.337 e.